The van der Waals surface area contributed by atoms with Gasteiger partial charge in [0.1, 0.15) is 5.75 Å². The molecule has 4 nitrogen and oxygen atoms in total. The molecule has 0 aliphatic rings. The number of rotatable bonds is 9. The van der Waals surface area contributed by atoms with E-state index in [2.05, 4.69) is 67.6 Å². The molecule has 0 unspecified atom stereocenters. The number of benzene rings is 4. The Morgan fingerprint density at radius 3 is 1.54 bits per heavy atom. The maximum Gasteiger partial charge on any atom is 0.264 e. The highest BCUT2D eigenvalue weighted by Crippen LogP contribution is 2.37. The molecular formula is C30H28O4S. The smallest absolute Gasteiger partial charge is 0.264 e. The zero-order valence-corrected chi connectivity index (χ0v) is 20.4. The molecule has 0 fully saturated rings. The van der Waals surface area contributed by atoms with Crippen molar-refractivity contribution in [2.24, 2.45) is 0 Å². The summed E-state index contributed by atoms with van der Waals surface area (Å²) in [5, 5.41) is 0. The van der Waals surface area contributed by atoms with Crippen molar-refractivity contribution in [3.05, 3.63) is 137 Å². The van der Waals surface area contributed by atoms with Gasteiger partial charge in [-0.05, 0) is 58.9 Å². The van der Waals surface area contributed by atoms with Gasteiger partial charge in [0.15, 0.2) is 0 Å². The van der Waals surface area contributed by atoms with Crippen molar-refractivity contribution in [2.75, 3.05) is 12.4 Å². The second-order valence-electron chi connectivity index (χ2n) is 8.36. The van der Waals surface area contributed by atoms with Gasteiger partial charge in [0.05, 0.1) is 12.4 Å². The molecular weight excluding hydrogens is 456 g/mol. The van der Waals surface area contributed by atoms with Crippen molar-refractivity contribution in [3.63, 3.8) is 0 Å². The van der Waals surface area contributed by atoms with Crippen LogP contribution in [0.25, 0.3) is 11.1 Å². The zero-order valence-electron chi connectivity index (χ0n) is 19.6. The van der Waals surface area contributed by atoms with E-state index in [1.807, 2.05) is 48.5 Å². The molecule has 35 heavy (non-hydrogen) atoms. The van der Waals surface area contributed by atoms with Gasteiger partial charge in [-0.2, -0.15) is 8.42 Å². The average Bonchev–Trinajstić information content (AvgIpc) is 2.87. The molecule has 4 aromatic carbocycles. The van der Waals surface area contributed by atoms with Gasteiger partial charge in [0.2, 0.25) is 0 Å². The Kier molecular flexibility index (Phi) is 7.80. The Balaban J connectivity index is 1.78. The standard InChI is InChI=1S/C30H28O4S/c1-23-13-15-26(16-14-23)29(24-9-4-2-5-10-24)30(25-11-6-3-7-12-25)27-17-19-28(20-18-27)34-21-8-22-35(31,32)33/h2-7,9-20H,8,21-22H2,1H3,(H,31,32,33)/b30-29+. The Morgan fingerprint density at radius 2 is 1.09 bits per heavy atom. The number of ether oxygens (including phenoxy) is 1. The fourth-order valence-electron chi connectivity index (χ4n) is 3.99. The van der Waals surface area contributed by atoms with Gasteiger partial charge in [0.25, 0.3) is 10.1 Å². The fourth-order valence-corrected chi connectivity index (χ4v) is 4.47. The Morgan fingerprint density at radius 1 is 0.657 bits per heavy atom. The van der Waals surface area contributed by atoms with Gasteiger partial charge in [-0.25, -0.2) is 0 Å². The van der Waals surface area contributed by atoms with E-state index in [-0.39, 0.29) is 18.8 Å². The van der Waals surface area contributed by atoms with Crippen molar-refractivity contribution >= 4 is 21.3 Å². The predicted octanol–water partition coefficient (Wildman–Crippen LogP) is 6.66. The van der Waals surface area contributed by atoms with Crippen molar-refractivity contribution in [2.45, 2.75) is 13.3 Å². The van der Waals surface area contributed by atoms with E-state index in [1.54, 1.807) is 0 Å². The normalized spacial score (nSPS) is 12.2. The fraction of sp³-hybridized carbons (Fsp3) is 0.133. The number of hydrogen-bond donors (Lipinski definition) is 1. The third-order valence-electron chi connectivity index (χ3n) is 5.67. The Labute approximate surface area is 207 Å². The summed E-state index contributed by atoms with van der Waals surface area (Å²) in [6.45, 7) is 2.29. The largest absolute Gasteiger partial charge is 0.494 e. The summed E-state index contributed by atoms with van der Waals surface area (Å²) in [6, 6.07) is 37.1. The van der Waals surface area contributed by atoms with E-state index in [9.17, 15) is 8.42 Å². The first-order valence-electron chi connectivity index (χ1n) is 11.5. The molecule has 4 aromatic rings. The highest BCUT2D eigenvalue weighted by Gasteiger charge is 2.16. The molecule has 0 atom stereocenters. The maximum absolute atomic E-state index is 10.9. The van der Waals surface area contributed by atoms with E-state index in [0.717, 1.165) is 33.4 Å². The average molecular weight is 485 g/mol. The molecule has 178 valence electrons. The Hall–Kier alpha value is -3.67. The second-order valence-corrected chi connectivity index (χ2v) is 9.93. The number of hydrogen-bond acceptors (Lipinski definition) is 3. The quantitative estimate of drug-likeness (QED) is 0.164. The first kappa shape index (κ1) is 24.5. The van der Waals surface area contributed by atoms with E-state index in [1.165, 1.54) is 5.56 Å². The second kappa shape index (κ2) is 11.2. The first-order valence-corrected chi connectivity index (χ1v) is 13.1. The molecule has 1 N–H and O–H groups in total. The van der Waals surface area contributed by atoms with Crippen molar-refractivity contribution < 1.29 is 17.7 Å². The van der Waals surface area contributed by atoms with Gasteiger partial charge in [-0.1, -0.05) is 103 Å². The van der Waals surface area contributed by atoms with Gasteiger partial charge < -0.3 is 4.74 Å². The minimum atomic E-state index is -3.98. The molecule has 0 radical (unpaired) electrons. The predicted molar refractivity (Wildman–Crippen MR) is 142 cm³/mol. The van der Waals surface area contributed by atoms with Crippen LogP contribution in [-0.4, -0.2) is 25.3 Å². The van der Waals surface area contributed by atoms with Crippen LogP contribution in [0, 0.1) is 6.92 Å². The van der Waals surface area contributed by atoms with Crippen LogP contribution >= 0.6 is 0 Å². The molecule has 0 aromatic heterocycles. The molecule has 0 amide bonds. The third kappa shape index (κ3) is 6.69. The van der Waals surface area contributed by atoms with Gasteiger partial charge in [-0.3, -0.25) is 4.55 Å². The first-order chi connectivity index (χ1) is 16.9. The van der Waals surface area contributed by atoms with Crippen LogP contribution < -0.4 is 4.74 Å². The topological polar surface area (TPSA) is 63.6 Å². The van der Waals surface area contributed by atoms with Gasteiger partial charge >= 0.3 is 0 Å². The van der Waals surface area contributed by atoms with E-state index >= 15 is 0 Å². The highest BCUT2D eigenvalue weighted by atomic mass is 32.2. The van der Waals surface area contributed by atoms with E-state index in [0.29, 0.717) is 5.75 Å². The molecule has 0 heterocycles. The van der Waals surface area contributed by atoms with Crippen LogP contribution in [0.5, 0.6) is 5.75 Å². The summed E-state index contributed by atoms with van der Waals surface area (Å²) >= 11 is 0. The lowest BCUT2D eigenvalue weighted by Crippen LogP contribution is -2.08. The van der Waals surface area contributed by atoms with Crippen LogP contribution in [0.1, 0.15) is 34.2 Å². The van der Waals surface area contributed by atoms with E-state index in [4.69, 9.17) is 9.29 Å². The monoisotopic (exact) mass is 484 g/mol. The van der Waals surface area contributed by atoms with Gasteiger partial charge in [-0.15, -0.1) is 0 Å². The molecule has 4 rings (SSSR count). The van der Waals surface area contributed by atoms with Crippen LogP contribution in [-0.2, 0) is 10.1 Å². The zero-order chi connectivity index (χ0) is 24.7. The van der Waals surface area contributed by atoms with Crippen LogP contribution in [0.15, 0.2) is 109 Å². The highest BCUT2D eigenvalue weighted by molar-refractivity contribution is 7.85. The molecule has 0 aliphatic heterocycles. The lowest BCUT2D eigenvalue weighted by molar-refractivity contribution is 0.316. The molecule has 0 aliphatic carbocycles. The molecule has 5 heteroatoms. The van der Waals surface area contributed by atoms with E-state index < -0.39 is 10.1 Å². The molecule has 0 saturated carbocycles. The van der Waals surface area contributed by atoms with Crippen molar-refractivity contribution in [1.29, 1.82) is 0 Å². The maximum atomic E-state index is 10.9. The lowest BCUT2D eigenvalue weighted by Gasteiger charge is -2.18. The molecule has 0 bridgehead atoms. The third-order valence-corrected chi connectivity index (χ3v) is 6.48. The summed E-state index contributed by atoms with van der Waals surface area (Å²) < 4.78 is 36.4. The summed E-state index contributed by atoms with van der Waals surface area (Å²) in [5.74, 6) is 0.330. The Bertz CT molecular complexity index is 1370. The van der Waals surface area contributed by atoms with Crippen molar-refractivity contribution in [3.8, 4) is 5.75 Å². The van der Waals surface area contributed by atoms with Gasteiger partial charge in [0, 0.05) is 0 Å². The minimum absolute atomic E-state index is 0.207. The molecule has 0 spiro atoms. The van der Waals surface area contributed by atoms with Crippen LogP contribution in [0.4, 0.5) is 0 Å². The van der Waals surface area contributed by atoms with Crippen LogP contribution in [0.2, 0.25) is 0 Å². The lowest BCUT2D eigenvalue weighted by atomic mass is 9.85. The van der Waals surface area contributed by atoms with Crippen LogP contribution in [0.3, 0.4) is 0 Å². The summed E-state index contributed by atoms with van der Waals surface area (Å²) in [4.78, 5) is 0. The number of aryl methyl sites for hydroxylation is 1. The molecule has 0 saturated heterocycles. The summed E-state index contributed by atoms with van der Waals surface area (Å²) in [7, 11) is -3.98. The minimum Gasteiger partial charge on any atom is -0.494 e. The summed E-state index contributed by atoms with van der Waals surface area (Å²) in [5.41, 5.74) is 7.86. The van der Waals surface area contributed by atoms with Crippen molar-refractivity contribution in [1.82, 2.24) is 0 Å². The SMILES string of the molecule is Cc1ccc(/C(=C(\c2ccccc2)c2ccc(OCCCS(=O)(=O)O)cc2)c2ccccc2)cc1. The summed E-state index contributed by atoms with van der Waals surface area (Å²) in [6.07, 6.45) is 0.224.